The Morgan fingerprint density at radius 1 is 1.21 bits per heavy atom. The van der Waals surface area contributed by atoms with Crippen molar-refractivity contribution in [3.8, 4) is 5.75 Å². The van der Waals surface area contributed by atoms with Crippen molar-refractivity contribution in [3.05, 3.63) is 71.7 Å². The molecule has 1 amide bonds. The van der Waals surface area contributed by atoms with E-state index >= 15 is 0 Å². The van der Waals surface area contributed by atoms with Crippen LogP contribution in [-0.4, -0.2) is 24.0 Å². The number of pyridine rings is 1. The second-order valence-electron chi connectivity index (χ2n) is 6.95. The molecule has 3 aromatic rings. The zero-order valence-electron chi connectivity index (χ0n) is 15.6. The second kappa shape index (κ2) is 7.94. The van der Waals surface area contributed by atoms with Gasteiger partial charge in [0.2, 0.25) is 5.91 Å². The summed E-state index contributed by atoms with van der Waals surface area (Å²) in [5, 5.41) is 7.47. The number of nitrogens with zero attached hydrogens (tertiary/aromatic N) is 1. The van der Waals surface area contributed by atoms with E-state index in [0.29, 0.717) is 30.7 Å². The third kappa shape index (κ3) is 3.82. The van der Waals surface area contributed by atoms with Gasteiger partial charge in [-0.05, 0) is 36.8 Å². The van der Waals surface area contributed by atoms with Crippen LogP contribution >= 0.6 is 0 Å². The first kappa shape index (κ1) is 18.4. The molecule has 2 atom stereocenters. The summed E-state index contributed by atoms with van der Waals surface area (Å²) in [6.07, 6.45) is 1.03. The van der Waals surface area contributed by atoms with Crippen LogP contribution in [0.2, 0.25) is 0 Å². The molecule has 6 heteroatoms. The lowest BCUT2D eigenvalue weighted by Crippen LogP contribution is -2.48. The first-order chi connectivity index (χ1) is 13.6. The van der Waals surface area contributed by atoms with E-state index in [1.165, 1.54) is 13.2 Å². The molecule has 28 heavy (non-hydrogen) atoms. The van der Waals surface area contributed by atoms with Crippen molar-refractivity contribution in [1.29, 1.82) is 0 Å². The Labute approximate surface area is 162 Å². The number of methoxy groups -OCH3 is 1. The quantitative estimate of drug-likeness (QED) is 0.712. The van der Waals surface area contributed by atoms with Gasteiger partial charge in [-0.2, -0.15) is 0 Å². The molecule has 1 saturated heterocycles. The van der Waals surface area contributed by atoms with E-state index < -0.39 is 6.04 Å². The lowest BCUT2D eigenvalue weighted by Gasteiger charge is -2.33. The summed E-state index contributed by atoms with van der Waals surface area (Å²) >= 11 is 0. The Hall–Kier alpha value is -2.99. The second-order valence-corrected chi connectivity index (χ2v) is 6.95. The van der Waals surface area contributed by atoms with Crippen LogP contribution in [0.4, 0.5) is 4.39 Å². The summed E-state index contributed by atoms with van der Waals surface area (Å²) in [5.41, 5.74) is 2.27. The third-order valence-electron chi connectivity index (χ3n) is 5.14. The lowest BCUT2D eigenvalue weighted by atomic mass is 9.91. The minimum atomic E-state index is -0.461. The van der Waals surface area contributed by atoms with E-state index in [0.717, 1.165) is 16.6 Å². The first-order valence-electron chi connectivity index (χ1n) is 9.35. The number of para-hydroxylation sites is 1. The van der Waals surface area contributed by atoms with Gasteiger partial charge in [0.15, 0.2) is 0 Å². The summed E-state index contributed by atoms with van der Waals surface area (Å²) in [6.45, 7) is 0.535. The van der Waals surface area contributed by atoms with E-state index in [-0.39, 0.29) is 17.8 Å². The topological polar surface area (TPSA) is 63.2 Å². The minimum Gasteiger partial charge on any atom is -0.497 e. The standard InChI is InChI=1S/C22H22FN3O2/c1-28-16-8-9-18(23)17(12-16)22-20(10-11-21(27)26-22)24-13-15-7-6-14-4-2-3-5-19(14)25-15/h2-9,12,20,22,24H,10-11,13H2,1H3,(H,26,27)/t20-,22+/m1/s1. The predicted molar refractivity (Wildman–Crippen MR) is 105 cm³/mol. The molecule has 0 saturated carbocycles. The van der Waals surface area contributed by atoms with Crippen LogP contribution in [0.5, 0.6) is 5.75 Å². The number of piperidine rings is 1. The number of hydrogen-bond donors (Lipinski definition) is 2. The van der Waals surface area contributed by atoms with Crippen LogP contribution in [0.3, 0.4) is 0 Å². The molecule has 0 spiro atoms. The van der Waals surface area contributed by atoms with E-state index in [9.17, 15) is 9.18 Å². The van der Waals surface area contributed by atoms with Gasteiger partial charge in [-0.25, -0.2) is 4.39 Å². The molecule has 1 aliphatic heterocycles. The molecule has 1 aromatic heterocycles. The monoisotopic (exact) mass is 379 g/mol. The predicted octanol–water partition coefficient (Wildman–Crippen LogP) is 3.49. The fraction of sp³-hybridized carbons (Fsp3) is 0.273. The molecule has 1 aliphatic rings. The number of benzene rings is 2. The number of carbonyl (C=O) groups excluding carboxylic acids is 1. The third-order valence-corrected chi connectivity index (χ3v) is 5.14. The Morgan fingerprint density at radius 3 is 2.93 bits per heavy atom. The van der Waals surface area contributed by atoms with Gasteiger partial charge >= 0.3 is 0 Å². The van der Waals surface area contributed by atoms with Crippen LogP contribution < -0.4 is 15.4 Å². The fourth-order valence-corrected chi connectivity index (χ4v) is 3.64. The molecular formula is C22H22FN3O2. The molecule has 144 valence electrons. The molecule has 0 unspecified atom stereocenters. The Balaban J connectivity index is 1.55. The van der Waals surface area contributed by atoms with Crippen LogP contribution in [-0.2, 0) is 11.3 Å². The molecule has 0 aliphatic carbocycles. The highest BCUT2D eigenvalue weighted by atomic mass is 19.1. The van der Waals surface area contributed by atoms with Crippen molar-refractivity contribution < 1.29 is 13.9 Å². The number of ether oxygens (including phenoxy) is 1. The van der Waals surface area contributed by atoms with Gasteiger partial charge in [-0.1, -0.05) is 24.3 Å². The van der Waals surface area contributed by atoms with Crippen molar-refractivity contribution >= 4 is 16.8 Å². The van der Waals surface area contributed by atoms with Gasteiger partial charge in [0.25, 0.3) is 0 Å². The summed E-state index contributed by atoms with van der Waals surface area (Å²) in [4.78, 5) is 16.6. The number of carbonyl (C=O) groups is 1. The van der Waals surface area contributed by atoms with Crippen LogP contribution in [0.15, 0.2) is 54.6 Å². The smallest absolute Gasteiger partial charge is 0.220 e. The summed E-state index contributed by atoms with van der Waals surface area (Å²) in [6, 6.07) is 16.0. The van der Waals surface area contributed by atoms with Crippen molar-refractivity contribution in [3.63, 3.8) is 0 Å². The normalized spacial score (nSPS) is 19.4. The molecule has 2 N–H and O–H groups in total. The maximum Gasteiger partial charge on any atom is 0.220 e. The van der Waals surface area contributed by atoms with Gasteiger partial charge in [0, 0.05) is 30.0 Å². The Kier molecular flexibility index (Phi) is 5.21. The zero-order chi connectivity index (χ0) is 19.5. The number of fused-ring (bicyclic) bond motifs is 1. The van der Waals surface area contributed by atoms with Gasteiger partial charge in [0.1, 0.15) is 11.6 Å². The number of rotatable bonds is 5. The van der Waals surface area contributed by atoms with Crippen LogP contribution in [0.1, 0.15) is 30.1 Å². The largest absolute Gasteiger partial charge is 0.497 e. The molecule has 4 rings (SSSR count). The van der Waals surface area contributed by atoms with Crippen molar-refractivity contribution in [2.75, 3.05) is 7.11 Å². The molecule has 2 aromatic carbocycles. The summed E-state index contributed by atoms with van der Waals surface area (Å²) in [5.74, 6) is 0.129. The van der Waals surface area contributed by atoms with Crippen LogP contribution in [0, 0.1) is 5.82 Å². The summed E-state index contributed by atoms with van der Waals surface area (Å²) in [7, 11) is 1.54. The maximum absolute atomic E-state index is 14.5. The number of aromatic nitrogens is 1. The van der Waals surface area contributed by atoms with Gasteiger partial charge < -0.3 is 15.4 Å². The minimum absolute atomic E-state index is 0.0749. The maximum atomic E-state index is 14.5. The van der Waals surface area contributed by atoms with E-state index in [4.69, 9.17) is 4.74 Å². The average molecular weight is 379 g/mol. The van der Waals surface area contributed by atoms with E-state index in [1.807, 2.05) is 36.4 Å². The van der Waals surface area contributed by atoms with Gasteiger partial charge in [-0.3, -0.25) is 9.78 Å². The molecule has 5 nitrogen and oxygen atoms in total. The highest BCUT2D eigenvalue weighted by Crippen LogP contribution is 2.29. The number of amides is 1. The summed E-state index contributed by atoms with van der Waals surface area (Å²) < 4.78 is 19.7. The van der Waals surface area contributed by atoms with Crippen molar-refractivity contribution in [2.24, 2.45) is 0 Å². The average Bonchev–Trinajstić information content (AvgIpc) is 2.73. The fourth-order valence-electron chi connectivity index (χ4n) is 3.64. The van der Waals surface area contributed by atoms with Crippen molar-refractivity contribution in [2.45, 2.75) is 31.5 Å². The van der Waals surface area contributed by atoms with Gasteiger partial charge in [0.05, 0.1) is 24.4 Å². The lowest BCUT2D eigenvalue weighted by molar-refractivity contribution is -0.123. The molecule has 0 bridgehead atoms. The molecule has 1 fully saturated rings. The van der Waals surface area contributed by atoms with Crippen molar-refractivity contribution in [1.82, 2.24) is 15.6 Å². The van der Waals surface area contributed by atoms with Gasteiger partial charge in [-0.15, -0.1) is 0 Å². The number of nitrogens with one attached hydrogen (secondary N) is 2. The SMILES string of the molecule is COc1ccc(F)c([C@@H]2NC(=O)CC[C@H]2NCc2ccc3ccccc3n2)c1. The van der Waals surface area contributed by atoms with Crippen LogP contribution in [0.25, 0.3) is 10.9 Å². The Morgan fingerprint density at radius 2 is 2.07 bits per heavy atom. The van der Waals surface area contributed by atoms with E-state index in [2.05, 4.69) is 15.6 Å². The molecular weight excluding hydrogens is 357 g/mol. The zero-order valence-corrected chi connectivity index (χ0v) is 15.6. The number of hydrogen-bond acceptors (Lipinski definition) is 4. The van der Waals surface area contributed by atoms with E-state index in [1.54, 1.807) is 12.1 Å². The highest BCUT2D eigenvalue weighted by molar-refractivity contribution is 5.78. The first-order valence-corrected chi connectivity index (χ1v) is 9.35. The molecule has 0 radical (unpaired) electrons. The number of halogens is 1. The Bertz CT molecular complexity index is 1010. The molecule has 2 heterocycles. The highest BCUT2D eigenvalue weighted by Gasteiger charge is 2.31.